The van der Waals surface area contributed by atoms with Gasteiger partial charge < -0.3 is 14.6 Å². The molecule has 1 fully saturated rings. The van der Waals surface area contributed by atoms with Crippen molar-refractivity contribution in [2.75, 3.05) is 26.2 Å². The summed E-state index contributed by atoms with van der Waals surface area (Å²) in [6, 6.07) is 9.02. The maximum absolute atomic E-state index is 13.0. The summed E-state index contributed by atoms with van der Waals surface area (Å²) in [4.78, 5) is 31.3. The lowest BCUT2D eigenvalue weighted by Gasteiger charge is -2.31. The lowest BCUT2D eigenvalue weighted by Crippen LogP contribution is -2.36. The van der Waals surface area contributed by atoms with Gasteiger partial charge in [-0.1, -0.05) is 31.5 Å². The second-order valence-corrected chi connectivity index (χ2v) is 8.10. The number of piperidine rings is 1. The first kappa shape index (κ1) is 19.7. The van der Waals surface area contributed by atoms with Crippen LogP contribution in [0.5, 0.6) is 0 Å². The third-order valence-electron chi connectivity index (χ3n) is 5.94. The molecule has 3 heterocycles. The number of carbonyl (C=O) groups is 1. The Labute approximate surface area is 170 Å². The van der Waals surface area contributed by atoms with Gasteiger partial charge in [-0.15, -0.1) is 0 Å². The molecule has 0 aliphatic carbocycles. The topological polar surface area (TPSA) is 66.8 Å². The predicted molar refractivity (Wildman–Crippen MR) is 115 cm³/mol. The molecule has 0 atom stereocenters. The van der Waals surface area contributed by atoms with Crippen LogP contribution in [-0.2, 0) is 4.74 Å². The summed E-state index contributed by atoms with van der Waals surface area (Å²) in [5.74, 6) is 0.0381. The second kappa shape index (κ2) is 8.41. The number of aromatic amines is 1. The fraction of sp³-hybridized carbons (Fsp3) is 0.478. The third-order valence-corrected chi connectivity index (χ3v) is 5.94. The molecule has 6 nitrogen and oxygen atoms in total. The maximum Gasteiger partial charge on any atom is 0.342 e. The first-order valence-corrected chi connectivity index (χ1v) is 10.6. The molecule has 2 aromatic heterocycles. The van der Waals surface area contributed by atoms with Gasteiger partial charge in [0, 0.05) is 17.1 Å². The molecule has 3 aromatic rings. The summed E-state index contributed by atoms with van der Waals surface area (Å²) in [7, 11) is 0. The van der Waals surface area contributed by atoms with Gasteiger partial charge >= 0.3 is 5.97 Å². The number of rotatable bonds is 6. The van der Waals surface area contributed by atoms with Crippen molar-refractivity contribution in [3.63, 3.8) is 0 Å². The number of esters is 1. The van der Waals surface area contributed by atoms with Gasteiger partial charge in [0.15, 0.2) is 0 Å². The van der Waals surface area contributed by atoms with E-state index in [0.717, 1.165) is 42.5 Å². The Bertz CT molecular complexity index is 1070. The number of carbonyl (C=O) groups excluding carboxylic acids is 1. The van der Waals surface area contributed by atoms with Crippen molar-refractivity contribution in [2.45, 2.75) is 39.5 Å². The number of aromatic nitrogens is 2. The molecular weight excluding hydrogens is 366 g/mol. The number of aryl methyl sites for hydroxylation is 1. The fourth-order valence-electron chi connectivity index (χ4n) is 4.29. The highest BCUT2D eigenvalue weighted by Crippen LogP contribution is 2.26. The van der Waals surface area contributed by atoms with E-state index in [2.05, 4.69) is 16.8 Å². The first-order valence-electron chi connectivity index (χ1n) is 10.6. The maximum atomic E-state index is 13.0. The number of ether oxygens (including phenoxy) is 1. The van der Waals surface area contributed by atoms with Gasteiger partial charge in [-0.3, -0.25) is 9.20 Å². The van der Waals surface area contributed by atoms with Crippen LogP contribution in [0, 0.1) is 12.8 Å². The number of nitrogens with one attached hydrogen (secondary N) is 1. The highest BCUT2D eigenvalue weighted by Gasteiger charge is 2.24. The number of benzene rings is 1. The van der Waals surface area contributed by atoms with Crippen LogP contribution in [0.15, 0.2) is 35.1 Å². The van der Waals surface area contributed by atoms with Crippen molar-refractivity contribution in [1.82, 2.24) is 14.3 Å². The Morgan fingerprint density at radius 1 is 1.24 bits per heavy atom. The molecule has 1 aliphatic heterocycles. The van der Waals surface area contributed by atoms with E-state index in [0.29, 0.717) is 23.7 Å². The van der Waals surface area contributed by atoms with Gasteiger partial charge in [0.05, 0.1) is 12.1 Å². The molecule has 4 rings (SSSR count). The molecule has 1 N–H and O–H groups in total. The minimum absolute atomic E-state index is 0.147. The Morgan fingerprint density at radius 2 is 2.00 bits per heavy atom. The molecule has 1 aromatic carbocycles. The van der Waals surface area contributed by atoms with E-state index in [-0.39, 0.29) is 11.5 Å². The molecule has 1 aliphatic rings. The van der Waals surface area contributed by atoms with Gasteiger partial charge in [0.2, 0.25) is 0 Å². The molecule has 1 saturated heterocycles. The number of hydrogen-bond donors (Lipinski definition) is 1. The Kier molecular flexibility index (Phi) is 5.72. The van der Waals surface area contributed by atoms with E-state index >= 15 is 0 Å². The molecule has 6 heteroatoms. The van der Waals surface area contributed by atoms with E-state index < -0.39 is 0 Å². The zero-order valence-corrected chi connectivity index (χ0v) is 17.2. The van der Waals surface area contributed by atoms with Gasteiger partial charge in [-0.25, -0.2) is 4.79 Å². The summed E-state index contributed by atoms with van der Waals surface area (Å²) in [5, 5.41) is 0.742. The SMILES string of the molecule is CCCCN1CCC(COC(=O)c2c3ccccc3n3c(=O)cc(C)[nH]c23)CC1. The summed E-state index contributed by atoms with van der Waals surface area (Å²) in [5.41, 5.74) is 2.25. The molecule has 154 valence electrons. The van der Waals surface area contributed by atoms with Crippen molar-refractivity contribution in [1.29, 1.82) is 0 Å². The second-order valence-electron chi connectivity index (χ2n) is 8.10. The smallest absolute Gasteiger partial charge is 0.342 e. The van der Waals surface area contributed by atoms with E-state index in [4.69, 9.17) is 4.74 Å². The number of para-hydroxylation sites is 1. The van der Waals surface area contributed by atoms with Crippen molar-refractivity contribution < 1.29 is 9.53 Å². The van der Waals surface area contributed by atoms with Gasteiger partial charge in [-0.2, -0.15) is 0 Å². The number of H-pyrrole nitrogens is 1. The van der Waals surface area contributed by atoms with E-state index in [1.165, 1.54) is 19.4 Å². The summed E-state index contributed by atoms with van der Waals surface area (Å²) in [6.45, 7) is 7.79. The van der Waals surface area contributed by atoms with Gasteiger partial charge in [0.1, 0.15) is 11.2 Å². The van der Waals surface area contributed by atoms with Gasteiger partial charge in [0.25, 0.3) is 5.56 Å². The number of likely N-dealkylation sites (tertiary alicyclic amines) is 1. The Balaban J connectivity index is 1.53. The predicted octanol–water partition coefficient (Wildman–Crippen LogP) is 3.76. The van der Waals surface area contributed by atoms with Crippen LogP contribution in [0.3, 0.4) is 0 Å². The van der Waals surface area contributed by atoms with Crippen molar-refractivity contribution in [3.8, 4) is 0 Å². The largest absolute Gasteiger partial charge is 0.462 e. The van der Waals surface area contributed by atoms with Crippen molar-refractivity contribution in [2.24, 2.45) is 5.92 Å². The molecule has 0 spiro atoms. The molecule has 29 heavy (non-hydrogen) atoms. The standard InChI is InChI=1S/C23H29N3O3/c1-3-4-11-25-12-9-17(10-13-25)15-29-23(28)21-18-7-5-6-8-19(18)26-20(27)14-16(2)24-22(21)26/h5-8,14,17,24H,3-4,9-13,15H2,1-2H3. The quantitative estimate of drug-likeness (QED) is 0.646. The highest BCUT2D eigenvalue weighted by atomic mass is 16.5. The number of unbranched alkanes of at least 4 members (excludes halogenated alkanes) is 1. The lowest BCUT2D eigenvalue weighted by molar-refractivity contribution is 0.0376. The van der Waals surface area contributed by atoms with E-state index in [9.17, 15) is 9.59 Å². The normalized spacial score (nSPS) is 15.9. The molecular formula is C23H29N3O3. The molecule has 0 unspecified atom stereocenters. The monoisotopic (exact) mass is 395 g/mol. The van der Waals surface area contributed by atoms with Crippen LogP contribution in [0.4, 0.5) is 0 Å². The van der Waals surface area contributed by atoms with Crippen molar-refractivity contribution >= 4 is 22.5 Å². The van der Waals surface area contributed by atoms with Crippen LogP contribution >= 0.6 is 0 Å². The summed E-state index contributed by atoms with van der Waals surface area (Å²) in [6.07, 6.45) is 4.58. The van der Waals surface area contributed by atoms with Gasteiger partial charge in [-0.05, 0) is 57.8 Å². The first-order chi connectivity index (χ1) is 14.1. The third kappa shape index (κ3) is 3.94. The van der Waals surface area contributed by atoms with Crippen LogP contribution in [0.25, 0.3) is 16.6 Å². The van der Waals surface area contributed by atoms with E-state index in [1.807, 2.05) is 31.2 Å². The molecule has 0 amide bonds. The van der Waals surface area contributed by atoms with E-state index in [1.54, 1.807) is 10.5 Å². The lowest BCUT2D eigenvalue weighted by atomic mass is 9.97. The Hall–Kier alpha value is -2.60. The van der Waals surface area contributed by atoms with Crippen molar-refractivity contribution in [3.05, 3.63) is 51.9 Å². The average molecular weight is 396 g/mol. The Morgan fingerprint density at radius 3 is 2.76 bits per heavy atom. The zero-order valence-electron chi connectivity index (χ0n) is 17.2. The fourth-order valence-corrected chi connectivity index (χ4v) is 4.29. The summed E-state index contributed by atoms with van der Waals surface area (Å²) >= 11 is 0. The molecule has 0 bridgehead atoms. The number of fused-ring (bicyclic) bond motifs is 3. The molecule has 0 radical (unpaired) electrons. The van der Waals surface area contributed by atoms with Crippen LogP contribution in [0.2, 0.25) is 0 Å². The van der Waals surface area contributed by atoms with Crippen LogP contribution in [-0.4, -0.2) is 46.5 Å². The zero-order chi connectivity index (χ0) is 20.4. The minimum atomic E-state index is -0.363. The highest BCUT2D eigenvalue weighted by molar-refractivity contribution is 6.10. The summed E-state index contributed by atoms with van der Waals surface area (Å²) < 4.78 is 7.31. The number of hydrogen-bond acceptors (Lipinski definition) is 4. The average Bonchev–Trinajstić information content (AvgIpc) is 3.05. The van der Waals surface area contributed by atoms with Crippen LogP contribution in [0.1, 0.15) is 48.7 Å². The number of nitrogens with zero attached hydrogens (tertiary/aromatic N) is 2. The minimum Gasteiger partial charge on any atom is -0.462 e. The van der Waals surface area contributed by atoms with Crippen LogP contribution < -0.4 is 5.56 Å². The molecule has 0 saturated carbocycles.